The average molecular weight is 292 g/mol. The summed E-state index contributed by atoms with van der Waals surface area (Å²) in [7, 11) is 0. The van der Waals surface area contributed by atoms with Gasteiger partial charge in [0.05, 0.1) is 18.5 Å². The lowest BCUT2D eigenvalue weighted by Gasteiger charge is -2.29. The molecule has 0 aliphatic carbocycles. The van der Waals surface area contributed by atoms with E-state index in [1.54, 1.807) is 30.3 Å². The molecule has 1 fully saturated rings. The minimum atomic E-state index is -1.22. The first kappa shape index (κ1) is 15.0. The minimum absolute atomic E-state index is 0.129. The first-order valence-electron chi connectivity index (χ1n) is 6.49. The Hall–Kier alpha value is -2.41. The van der Waals surface area contributed by atoms with E-state index in [0.29, 0.717) is 5.56 Å². The lowest BCUT2D eigenvalue weighted by molar-refractivity contribution is -0.149. The van der Waals surface area contributed by atoms with Crippen LogP contribution in [-0.4, -0.2) is 45.5 Å². The van der Waals surface area contributed by atoms with Crippen LogP contribution in [0.25, 0.3) is 0 Å². The smallest absolute Gasteiger partial charge is 0.326 e. The number of aliphatic carboxylic acids is 2. The molecule has 1 aliphatic rings. The Labute approximate surface area is 121 Å². The molecule has 4 N–H and O–H groups in total. The largest absolute Gasteiger partial charge is 0.481 e. The molecule has 3 atom stereocenters. The summed E-state index contributed by atoms with van der Waals surface area (Å²) in [5, 5.41) is 18.6. The van der Waals surface area contributed by atoms with Crippen LogP contribution in [0.1, 0.15) is 18.0 Å². The second-order valence-electron chi connectivity index (χ2n) is 4.90. The van der Waals surface area contributed by atoms with Crippen molar-refractivity contribution in [3.63, 3.8) is 0 Å². The van der Waals surface area contributed by atoms with Crippen molar-refractivity contribution in [3.05, 3.63) is 35.9 Å². The maximum atomic E-state index is 12.0. The number of carbonyl (C=O) groups is 3. The van der Waals surface area contributed by atoms with Crippen LogP contribution >= 0.6 is 0 Å². The number of rotatable bonds is 4. The van der Waals surface area contributed by atoms with Gasteiger partial charge in [-0.05, 0) is 12.0 Å². The zero-order valence-corrected chi connectivity index (χ0v) is 11.2. The van der Waals surface area contributed by atoms with E-state index < -0.39 is 35.8 Å². The number of benzene rings is 1. The highest BCUT2D eigenvalue weighted by atomic mass is 16.4. The van der Waals surface area contributed by atoms with Gasteiger partial charge in [0.1, 0.15) is 6.04 Å². The number of nitrogens with two attached hydrogens (primary N) is 1. The highest BCUT2D eigenvalue weighted by molar-refractivity contribution is 5.88. The molecule has 1 aromatic rings. The SMILES string of the molecule is NCC(=O)N1C(C(=O)O)CC(C(=O)O)C1c1ccccc1. The molecule has 0 aromatic heterocycles. The summed E-state index contributed by atoms with van der Waals surface area (Å²) in [5.41, 5.74) is 5.94. The summed E-state index contributed by atoms with van der Waals surface area (Å²) in [4.78, 5) is 35.9. The Morgan fingerprint density at radius 1 is 1.14 bits per heavy atom. The monoisotopic (exact) mass is 292 g/mol. The fraction of sp³-hybridized carbons (Fsp3) is 0.357. The summed E-state index contributed by atoms with van der Waals surface area (Å²) < 4.78 is 0. The Balaban J connectivity index is 2.50. The summed E-state index contributed by atoms with van der Waals surface area (Å²) in [6.07, 6.45) is -0.129. The Bertz CT molecular complexity index is 560. The van der Waals surface area contributed by atoms with E-state index in [1.807, 2.05) is 0 Å². The summed E-state index contributed by atoms with van der Waals surface area (Å²) in [6, 6.07) is 6.57. The standard InChI is InChI=1S/C14H16N2O5/c15-7-11(17)16-10(14(20)21)6-9(13(18)19)12(16)8-4-2-1-3-5-8/h1-5,9-10,12H,6-7,15H2,(H,18,19)(H,20,21). The lowest BCUT2D eigenvalue weighted by atomic mass is 9.93. The maximum Gasteiger partial charge on any atom is 0.326 e. The molecule has 0 spiro atoms. The zero-order chi connectivity index (χ0) is 15.6. The van der Waals surface area contributed by atoms with Gasteiger partial charge in [-0.15, -0.1) is 0 Å². The van der Waals surface area contributed by atoms with E-state index in [9.17, 15) is 24.6 Å². The molecule has 1 saturated heterocycles. The van der Waals surface area contributed by atoms with Crippen molar-refractivity contribution in [1.29, 1.82) is 0 Å². The van der Waals surface area contributed by atoms with Gasteiger partial charge in [0.2, 0.25) is 5.91 Å². The van der Waals surface area contributed by atoms with Gasteiger partial charge in [-0.1, -0.05) is 30.3 Å². The molecule has 0 saturated carbocycles. The molecule has 7 heteroatoms. The second-order valence-corrected chi connectivity index (χ2v) is 4.90. The van der Waals surface area contributed by atoms with E-state index in [0.717, 1.165) is 4.90 Å². The van der Waals surface area contributed by atoms with E-state index in [-0.39, 0.29) is 13.0 Å². The molecule has 7 nitrogen and oxygen atoms in total. The predicted molar refractivity (Wildman–Crippen MR) is 72.3 cm³/mol. The number of nitrogens with zero attached hydrogens (tertiary/aromatic N) is 1. The Kier molecular flexibility index (Phi) is 4.23. The lowest BCUT2D eigenvalue weighted by Crippen LogP contribution is -2.45. The Morgan fingerprint density at radius 2 is 1.76 bits per heavy atom. The van der Waals surface area contributed by atoms with Crippen LogP contribution in [0.3, 0.4) is 0 Å². The van der Waals surface area contributed by atoms with Gasteiger partial charge < -0.3 is 20.8 Å². The number of hydrogen-bond donors (Lipinski definition) is 3. The third-order valence-corrected chi connectivity index (χ3v) is 3.70. The van der Waals surface area contributed by atoms with Crippen molar-refractivity contribution < 1.29 is 24.6 Å². The molecular weight excluding hydrogens is 276 g/mol. The second kappa shape index (κ2) is 5.92. The molecule has 0 radical (unpaired) electrons. The van der Waals surface area contributed by atoms with E-state index in [2.05, 4.69) is 0 Å². The van der Waals surface area contributed by atoms with Gasteiger partial charge >= 0.3 is 11.9 Å². The van der Waals surface area contributed by atoms with Crippen molar-refractivity contribution in [2.24, 2.45) is 11.7 Å². The summed E-state index contributed by atoms with van der Waals surface area (Å²) in [6.45, 7) is -0.362. The number of carboxylic acid groups (broad SMARTS) is 2. The topological polar surface area (TPSA) is 121 Å². The van der Waals surface area contributed by atoms with Gasteiger partial charge in [0, 0.05) is 0 Å². The van der Waals surface area contributed by atoms with Gasteiger partial charge in [-0.25, -0.2) is 4.79 Å². The highest BCUT2D eigenvalue weighted by Crippen LogP contribution is 2.41. The quantitative estimate of drug-likeness (QED) is 0.722. The molecule has 1 aliphatic heterocycles. The Morgan fingerprint density at radius 3 is 2.24 bits per heavy atom. The van der Waals surface area contributed by atoms with E-state index >= 15 is 0 Å². The van der Waals surface area contributed by atoms with Gasteiger partial charge in [0.25, 0.3) is 0 Å². The van der Waals surface area contributed by atoms with Crippen LogP contribution in [0.5, 0.6) is 0 Å². The maximum absolute atomic E-state index is 12.0. The molecule has 3 unspecified atom stereocenters. The number of carboxylic acids is 2. The van der Waals surface area contributed by atoms with Crippen LogP contribution < -0.4 is 5.73 Å². The van der Waals surface area contributed by atoms with Crippen LogP contribution in [-0.2, 0) is 14.4 Å². The van der Waals surface area contributed by atoms with Crippen molar-refractivity contribution >= 4 is 17.8 Å². The molecule has 1 amide bonds. The van der Waals surface area contributed by atoms with Crippen molar-refractivity contribution in [1.82, 2.24) is 4.90 Å². The van der Waals surface area contributed by atoms with Gasteiger partial charge in [0.15, 0.2) is 0 Å². The molecular formula is C14H16N2O5. The summed E-state index contributed by atoms with van der Waals surface area (Å²) in [5.74, 6) is -3.88. The first-order valence-corrected chi connectivity index (χ1v) is 6.49. The molecule has 1 heterocycles. The number of likely N-dealkylation sites (tertiary alicyclic amines) is 1. The van der Waals surface area contributed by atoms with E-state index in [4.69, 9.17) is 5.73 Å². The summed E-state index contributed by atoms with van der Waals surface area (Å²) >= 11 is 0. The molecule has 21 heavy (non-hydrogen) atoms. The van der Waals surface area contributed by atoms with Crippen LogP contribution in [0, 0.1) is 5.92 Å². The van der Waals surface area contributed by atoms with Crippen molar-refractivity contribution in [2.45, 2.75) is 18.5 Å². The first-order chi connectivity index (χ1) is 9.97. The fourth-order valence-electron chi connectivity index (χ4n) is 2.80. The molecule has 0 bridgehead atoms. The minimum Gasteiger partial charge on any atom is -0.481 e. The number of carbonyl (C=O) groups excluding carboxylic acids is 1. The van der Waals surface area contributed by atoms with Gasteiger partial charge in [-0.3, -0.25) is 9.59 Å². The molecule has 2 rings (SSSR count). The normalized spacial score (nSPS) is 24.8. The van der Waals surface area contributed by atoms with Gasteiger partial charge in [-0.2, -0.15) is 0 Å². The molecule has 112 valence electrons. The van der Waals surface area contributed by atoms with Crippen molar-refractivity contribution in [3.8, 4) is 0 Å². The zero-order valence-electron chi connectivity index (χ0n) is 11.2. The van der Waals surface area contributed by atoms with E-state index in [1.165, 1.54) is 0 Å². The third-order valence-electron chi connectivity index (χ3n) is 3.70. The third kappa shape index (κ3) is 2.73. The predicted octanol–water partition coefficient (Wildman–Crippen LogP) is 0.0727. The van der Waals surface area contributed by atoms with Crippen molar-refractivity contribution in [2.75, 3.05) is 6.54 Å². The van der Waals surface area contributed by atoms with Crippen LogP contribution in [0.2, 0.25) is 0 Å². The average Bonchev–Trinajstić information content (AvgIpc) is 2.88. The van der Waals surface area contributed by atoms with Crippen LogP contribution in [0.4, 0.5) is 0 Å². The fourth-order valence-corrected chi connectivity index (χ4v) is 2.80. The number of hydrogen-bond acceptors (Lipinski definition) is 4. The highest BCUT2D eigenvalue weighted by Gasteiger charge is 2.50. The van der Waals surface area contributed by atoms with Crippen LogP contribution in [0.15, 0.2) is 30.3 Å². The molecule has 1 aromatic carbocycles. The number of amides is 1.